The monoisotopic (exact) mass is 291 g/mol. The third-order valence-electron chi connectivity index (χ3n) is 2.22. The van der Waals surface area contributed by atoms with Crippen molar-refractivity contribution in [2.45, 2.75) is 19.9 Å². The van der Waals surface area contributed by atoms with E-state index in [1.807, 2.05) is 12.1 Å². The summed E-state index contributed by atoms with van der Waals surface area (Å²) < 4.78 is 6.24. The molecule has 0 bridgehead atoms. The predicted molar refractivity (Wildman–Crippen MR) is 67.8 cm³/mol. The van der Waals surface area contributed by atoms with Crippen LogP contribution in [-0.2, 0) is 0 Å². The molecule has 0 spiro atoms. The molecule has 15 heavy (non-hydrogen) atoms. The van der Waals surface area contributed by atoms with Gasteiger partial charge in [0.05, 0.1) is 11.6 Å². The van der Waals surface area contributed by atoms with Gasteiger partial charge in [0, 0.05) is 16.6 Å². The van der Waals surface area contributed by atoms with E-state index in [0.29, 0.717) is 5.02 Å². The molecule has 0 saturated heterocycles. The number of methoxy groups -OCH3 is 1. The van der Waals surface area contributed by atoms with Gasteiger partial charge in [-0.25, -0.2) is 0 Å². The molecule has 84 valence electrons. The van der Waals surface area contributed by atoms with Crippen molar-refractivity contribution in [1.29, 1.82) is 0 Å². The third-order valence-corrected chi connectivity index (χ3v) is 3.03. The third kappa shape index (κ3) is 3.10. The van der Waals surface area contributed by atoms with Crippen LogP contribution in [0, 0.1) is 0 Å². The van der Waals surface area contributed by atoms with E-state index in [1.165, 1.54) is 0 Å². The van der Waals surface area contributed by atoms with Crippen LogP contribution in [0.5, 0.6) is 5.75 Å². The van der Waals surface area contributed by atoms with Gasteiger partial charge in [-0.1, -0.05) is 18.5 Å². The van der Waals surface area contributed by atoms with Crippen LogP contribution in [0.1, 0.15) is 25.5 Å². The molecular weight excluding hydrogens is 277 g/mol. The van der Waals surface area contributed by atoms with Crippen LogP contribution in [0.15, 0.2) is 16.6 Å². The number of rotatable bonds is 4. The van der Waals surface area contributed by atoms with Gasteiger partial charge in [-0.05, 0) is 41.5 Å². The normalized spacial score (nSPS) is 12.6. The minimum Gasteiger partial charge on any atom is -0.495 e. The fraction of sp³-hybridized carbons (Fsp3) is 0.455. The van der Waals surface area contributed by atoms with Gasteiger partial charge in [-0.2, -0.15) is 0 Å². The van der Waals surface area contributed by atoms with E-state index in [9.17, 15) is 0 Å². The summed E-state index contributed by atoms with van der Waals surface area (Å²) in [5.74, 6) is 0.841. The van der Waals surface area contributed by atoms with Gasteiger partial charge in [-0.3, -0.25) is 0 Å². The van der Waals surface area contributed by atoms with Crippen molar-refractivity contribution in [3.8, 4) is 5.75 Å². The molecule has 2 nitrogen and oxygen atoms in total. The van der Waals surface area contributed by atoms with Gasteiger partial charge in [0.1, 0.15) is 5.75 Å². The predicted octanol–water partition coefficient (Wildman–Crippen LogP) is 3.78. The Morgan fingerprint density at radius 1 is 1.53 bits per heavy atom. The SMILES string of the molecule is CCNC(C)c1cc(Cl)cc(Br)c1OC. The molecular formula is C11H15BrClNO. The van der Waals surface area contributed by atoms with Gasteiger partial charge in [0.25, 0.3) is 0 Å². The van der Waals surface area contributed by atoms with Crippen molar-refractivity contribution in [2.75, 3.05) is 13.7 Å². The van der Waals surface area contributed by atoms with Gasteiger partial charge in [0.15, 0.2) is 0 Å². The van der Waals surface area contributed by atoms with E-state index >= 15 is 0 Å². The molecule has 0 aliphatic rings. The number of hydrogen-bond acceptors (Lipinski definition) is 2. The smallest absolute Gasteiger partial charge is 0.137 e. The molecule has 0 aromatic heterocycles. The second-order valence-corrected chi connectivity index (χ2v) is 4.58. The summed E-state index contributed by atoms with van der Waals surface area (Å²) in [6, 6.07) is 3.99. The van der Waals surface area contributed by atoms with Gasteiger partial charge in [0.2, 0.25) is 0 Å². The molecule has 1 aromatic rings. The highest BCUT2D eigenvalue weighted by Crippen LogP contribution is 2.35. The standard InChI is InChI=1S/C11H15BrClNO/c1-4-14-7(2)9-5-8(13)6-10(12)11(9)15-3/h5-7,14H,4H2,1-3H3. The average Bonchev–Trinajstić information content (AvgIpc) is 2.17. The topological polar surface area (TPSA) is 21.3 Å². The van der Waals surface area contributed by atoms with Gasteiger partial charge < -0.3 is 10.1 Å². The van der Waals surface area contributed by atoms with Crippen LogP contribution >= 0.6 is 27.5 Å². The second kappa shape index (κ2) is 5.73. The Morgan fingerprint density at radius 2 is 2.20 bits per heavy atom. The highest BCUT2D eigenvalue weighted by molar-refractivity contribution is 9.10. The highest BCUT2D eigenvalue weighted by atomic mass is 79.9. The molecule has 1 rings (SSSR count). The lowest BCUT2D eigenvalue weighted by molar-refractivity contribution is 0.400. The van der Waals surface area contributed by atoms with Crippen LogP contribution in [0.2, 0.25) is 5.02 Å². The molecule has 0 aliphatic carbocycles. The lowest BCUT2D eigenvalue weighted by Gasteiger charge is -2.17. The Kier molecular flexibility index (Phi) is 4.90. The maximum Gasteiger partial charge on any atom is 0.137 e. The summed E-state index contributed by atoms with van der Waals surface area (Å²) >= 11 is 9.45. The quantitative estimate of drug-likeness (QED) is 0.912. The summed E-state index contributed by atoms with van der Waals surface area (Å²) in [5, 5.41) is 4.04. The zero-order valence-electron chi connectivity index (χ0n) is 9.10. The first-order valence-electron chi connectivity index (χ1n) is 4.86. The summed E-state index contributed by atoms with van der Waals surface area (Å²) in [7, 11) is 1.66. The lowest BCUT2D eigenvalue weighted by atomic mass is 10.1. The average molecular weight is 293 g/mol. The molecule has 1 aromatic carbocycles. The number of benzene rings is 1. The number of nitrogens with one attached hydrogen (secondary N) is 1. The van der Waals surface area contributed by atoms with Crippen LogP contribution in [0.3, 0.4) is 0 Å². The molecule has 1 N–H and O–H groups in total. The lowest BCUT2D eigenvalue weighted by Crippen LogP contribution is -2.18. The summed E-state index contributed by atoms with van der Waals surface area (Å²) in [5.41, 5.74) is 1.07. The van der Waals surface area contributed by atoms with Crippen molar-refractivity contribution < 1.29 is 4.74 Å². The largest absolute Gasteiger partial charge is 0.495 e. The molecule has 4 heteroatoms. The van der Waals surface area contributed by atoms with Crippen molar-refractivity contribution in [3.05, 3.63) is 27.2 Å². The summed E-state index contributed by atoms with van der Waals surface area (Å²) in [4.78, 5) is 0. The van der Waals surface area contributed by atoms with E-state index in [4.69, 9.17) is 16.3 Å². The van der Waals surface area contributed by atoms with E-state index in [0.717, 1.165) is 22.3 Å². The van der Waals surface area contributed by atoms with E-state index < -0.39 is 0 Å². The highest BCUT2D eigenvalue weighted by Gasteiger charge is 2.14. The van der Waals surface area contributed by atoms with Crippen LogP contribution in [-0.4, -0.2) is 13.7 Å². The molecule has 1 atom stereocenters. The van der Waals surface area contributed by atoms with Crippen LogP contribution in [0.4, 0.5) is 0 Å². The maximum atomic E-state index is 6.01. The molecule has 0 amide bonds. The first-order valence-corrected chi connectivity index (χ1v) is 6.03. The van der Waals surface area contributed by atoms with Crippen molar-refractivity contribution in [1.82, 2.24) is 5.32 Å². The number of halogens is 2. The fourth-order valence-electron chi connectivity index (χ4n) is 1.53. The Hall–Kier alpha value is -0.250. The Bertz CT molecular complexity index is 344. The Balaban J connectivity index is 3.13. The minimum absolute atomic E-state index is 0.222. The maximum absolute atomic E-state index is 6.01. The first kappa shape index (κ1) is 12.8. The molecule has 1 unspecified atom stereocenters. The molecule has 0 fully saturated rings. The molecule has 0 aliphatic heterocycles. The van der Waals surface area contributed by atoms with Crippen molar-refractivity contribution in [3.63, 3.8) is 0 Å². The number of ether oxygens (including phenoxy) is 1. The zero-order chi connectivity index (χ0) is 11.4. The van der Waals surface area contributed by atoms with Crippen LogP contribution < -0.4 is 10.1 Å². The summed E-state index contributed by atoms with van der Waals surface area (Å²) in [6.07, 6.45) is 0. The van der Waals surface area contributed by atoms with E-state index in [-0.39, 0.29) is 6.04 Å². The minimum atomic E-state index is 0.222. The van der Waals surface area contributed by atoms with Gasteiger partial charge >= 0.3 is 0 Å². The first-order chi connectivity index (χ1) is 7.10. The molecule has 0 heterocycles. The molecule has 0 saturated carbocycles. The van der Waals surface area contributed by atoms with Crippen molar-refractivity contribution >= 4 is 27.5 Å². The second-order valence-electron chi connectivity index (χ2n) is 3.29. The fourth-order valence-corrected chi connectivity index (χ4v) is 2.53. The molecule has 0 radical (unpaired) electrons. The Labute approximate surface area is 104 Å². The number of hydrogen-bond donors (Lipinski definition) is 1. The Morgan fingerprint density at radius 3 is 2.73 bits per heavy atom. The summed E-state index contributed by atoms with van der Waals surface area (Å²) in [6.45, 7) is 5.07. The van der Waals surface area contributed by atoms with Crippen LogP contribution in [0.25, 0.3) is 0 Å². The zero-order valence-corrected chi connectivity index (χ0v) is 11.4. The van der Waals surface area contributed by atoms with E-state index in [1.54, 1.807) is 7.11 Å². The van der Waals surface area contributed by atoms with Crippen molar-refractivity contribution in [2.24, 2.45) is 0 Å². The van der Waals surface area contributed by atoms with Gasteiger partial charge in [-0.15, -0.1) is 0 Å². The van der Waals surface area contributed by atoms with E-state index in [2.05, 4.69) is 35.1 Å².